The molecule has 5 heteroatoms. The molecular weight excluding hydrogens is 284 g/mol. The van der Waals surface area contributed by atoms with Crippen LogP contribution in [0, 0.1) is 0 Å². The molecule has 1 aliphatic carbocycles. The van der Waals surface area contributed by atoms with Crippen molar-refractivity contribution in [3.8, 4) is 0 Å². The maximum Gasteiger partial charge on any atom is 0.243 e. The fraction of sp³-hybridized carbons (Fsp3) is 0.625. The second-order valence-corrected chi connectivity index (χ2v) is 7.69. The van der Waals surface area contributed by atoms with Gasteiger partial charge in [0.25, 0.3) is 0 Å². The van der Waals surface area contributed by atoms with E-state index in [1.54, 1.807) is 17.4 Å². The van der Waals surface area contributed by atoms with Gasteiger partial charge in [-0.3, -0.25) is 0 Å². The van der Waals surface area contributed by atoms with Gasteiger partial charge < -0.3 is 5.32 Å². The zero-order valence-electron chi connectivity index (χ0n) is 13.2. The van der Waals surface area contributed by atoms with Crippen LogP contribution in [0.4, 0.5) is 0 Å². The first-order chi connectivity index (χ1) is 10.0. The number of hydrogen-bond donors (Lipinski definition) is 1. The molecular formula is C16H26N2O2S. The van der Waals surface area contributed by atoms with E-state index >= 15 is 0 Å². The van der Waals surface area contributed by atoms with Crippen LogP contribution in [0.15, 0.2) is 29.2 Å². The Kier molecular flexibility index (Phi) is 5.41. The molecule has 1 unspecified atom stereocenters. The normalized spacial score (nSPS) is 17.7. The van der Waals surface area contributed by atoms with E-state index in [-0.39, 0.29) is 12.1 Å². The van der Waals surface area contributed by atoms with E-state index in [2.05, 4.69) is 19.2 Å². The van der Waals surface area contributed by atoms with Crippen LogP contribution in [0.5, 0.6) is 0 Å². The number of nitrogens with one attached hydrogen (secondary N) is 1. The lowest BCUT2D eigenvalue weighted by atomic mass is 9.94. The minimum atomic E-state index is -3.37. The molecule has 4 nitrogen and oxygen atoms in total. The Morgan fingerprint density at radius 2 is 2.05 bits per heavy atom. The van der Waals surface area contributed by atoms with Gasteiger partial charge in [0, 0.05) is 19.1 Å². The quantitative estimate of drug-likeness (QED) is 0.842. The Balaban J connectivity index is 2.27. The minimum Gasteiger partial charge on any atom is -0.310 e. The zero-order valence-corrected chi connectivity index (χ0v) is 14.0. The third-order valence-corrected chi connectivity index (χ3v) is 6.29. The summed E-state index contributed by atoms with van der Waals surface area (Å²) in [6.07, 6.45) is 4.02. The lowest BCUT2D eigenvalue weighted by Crippen LogP contribution is -2.41. The summed E-state index contributed by atoms with van der Waals surface area (Å²) in [5, 5.41) is 3.39. The molecule has 1 aromatic carbocycles. The molecule has 0 saturated heterocycles. The third-order valence-electron chi connectivity index (χ3n) is 4.39. The molecule has 2 rings (SSSR count). The predicted molar refractivity (Wildman–Crippen MR) is 85.7 cm³/mol. The van der Waals surface area contributed by atoms with Crippen molar-refractivity contribution in [2.75, 3.05) is 13.6 Å². The van der Waals surface area contributed by atoms with E-state index in [4.69, 9.17) is 0 Å². The van der Waals surface area contributed by atoms with Crippen LogP contribution in [-0.4, -0.2) is 32.4 Å². The van der Waals surface area contributed by atoms with Gasteiger partial charge in [0.2, 0.25) is 10.0 Å². The van der Waals surface area contributed by atoms with Crippen LogP contribution >= 0.6 is 0 Å². The highest BCUT2D eigenvalue weighted by atomic mass is 32.2. The maximum absolute atomic E-state index is 12.7. The molecule has 21 heavy (non-hydrogen) atoms. The molecule has 0 aliphatic heterocycles. The Labute approximate surface area is 128 Å². The van der Waals surface area contributed by atoms with E-state index in [0.717, 1.165) is 37.8 Å². The smallest absolute Gasteiger partial charge is 0.243 e. The largest absolute Gasteiger partial charge is 0.310 e. The fourth-order valence-electron chi connectivity index (χ4n) is 2.75. The Morgan fingerprint density at radius 1 is 1.33 bits per heavy atom. The molecule has 1 N–H and O–H groups in total. The van der Waals surface area contributed by atoms with Crippen molar-refractivity contribution in [1.82, 2.24) is 9.62 Å². The molecule has 0 aromatic heterocycles. The van der Waals surface area contributed by atoms with Crippen LogP contribution < -0.4 is 5.32 Å². The monoisotopic (exact) mass is 310 g/mol. The molecule has 0 amide bonds. The van der Waals surface area contributed by atoms with Crippen LogP contribution in [-0.2, 0) is 10.0 Å². The van der Waals surface area contributed by atoms with Gasteiger partial charge in [-0.2, -0.15) is 4.31 Å². The van der Waals surface area contributed by atoms with E-state index in [1.165, 1.54) is 0 Å². The molecule has 1 atom stereocenters. The minimum absolute atomic E-state index is 0.175. The van der Waals surface area contributed by atoms with Gasteiger partial charge >= 0.3 is 0 Å². The molecule has 1 fully saturated rings. The van der Waals surface area contributed by atoms with Crippen molar-refractivity contribution < 1.29 is 8.42 Å². The SMILES string of the molecule is CCNC(CC)c1cccc(S(=O)(=O)N(C)C2CCC2)c1. The van der Waals surface area contributed by atoms with Gasteiger partial charge in [-0.05, 0) is 43.5 Å². The molecule has 1 aliphatic rings. The van der Waals surface area contributed by atoms with Crippen LogP contribution in [0.1, 0.15) is 51.1 Å². The molecule has 0 spiro atoms. The average Bonchev–Trinajstić information content (AvgIpc) is 2.43. The van der Waals surface area contributed by atoms with Crippen molar-refractivity contribution in [2.24, 2.45) is 0 Å². The third kappa shape index (κ3) is 3.47. The van der Waals surface area contributed by atoms with Gasteiger partial charge in [0.15, 0.2) is 0 Å². The topological polar surface area (TPSA) is 49.4 Å². The fourth-order valence-corrected chi connectivity index (χ4v) is 4.22. The first-order valence-electron chi connectivity index (χ1n) is 7.82. The summed E-state index contributed by atoms with van der Waals surface area (Å²) in [6.45, 7) is 5.04. The second kappa shape index (κ2) is 6.90. The Morgan fingerprint density at radius 3 is 2.57 bits per heavy atom. The molecule has 0 radical (unpaired) electrons. The molecule has 1 aromatic rings. The van der Waals surface area contributed by atoms with Crippen molar-refractivity contribution in [1.29, 1.82) is 0 Å². The molecule has 118 valence electrons. The van der Waals surface area contributed by atoms with Crippen LogP contribution in [0.25, 0.3) is 0 Å². The van der Waals surface area contributed by atoms with Gasteiger partial charge in [0.1, 0.15) is 0 Å². The summed E-state index contributed by atoms with van der Waals surface area (Å²) in [5.74, 6) is 0. The summed E-state index contributed by atoms with van der Waals surface area (Å²) in [5.41, 5.74) is 1.04. The van der Waals surface area contributed by atoms with Crippen molar-refractivity contribution in [2.45, 2.75) is 56.5 Å². The van der Waals surface area contributed by atoms with E-state index in [9.17, 15) is 8.42 Å². The van der Waals surface area contributed by atoms with Crippen molar-refractivity contribution in [3.05, 3.63) is 29.8 Å². The number of sulfonamides is 1. The van der Waals surface area contributed by atoms with Gasteiger partial charge in [-0.15, -0.1) is 0 Å². The highest BCUT2D eigenvalue weighted by molar-refractivity contribution is 7.89. The van der Waals surface area contributed by atoms with Crippen molar-refractivity contribution >= 4 is 10.0 Å². The summed E-state index contributed by atoms with van der Waals surface area (Å²) in [7, 11) is -1.67. The van der Waals surface area contributed by atoms with Crippen LogP contribution in [0.2, 0.25) is 0 Å². The standard InChI is InChI=1S/C16H26N2O2S/c1-4-16(17-5-2)13-8-6-11-15(12-13)21(19,20)18(3)14-9-7-10-14/h6,8,11-12,14,16-17H,4-5,7,9-10H2,1-3H3. The number of benzene rings is 1. The summed E-state index contributed by atoms with van der Waals surface area (Å²) < 4.78 is 26.9. The summed E-state index contributed by atoms with van der Waals surface area (Å²) >= 11 is 0. The van der Waals surface area contributed by atoms with Crippen molar-refractivity contribution in [3.63, 3.8) is 0 Å². The predicted octanol–water partition coefficient (Wildman–Crippen LogP) is 2.92. The highest BCUT2D eigenvalue weighted by Crippen LogP contribution is 2.29. The first kappa shape index (κ1) is 16.5. The lowest BCUT2D eigenvalue weighted by Gasteiger charge is -2.33. The van der Waals surface area contributed by atoms with Gasteiger partial charge in [-0.1, -0.05) is 32.4 Å². The summed E-state index contributed by atoms with van der Waals surface area (Å²) in [4.78, 5) is 0.408. The zero-order chi connectivity index (χ0) is 15.5. The Bertz CT molecular complexity index is 567. The van der Waals surface area contributed by atoms with E-state index in [1.807, 2.05) is 18.2 Å². The number of rotatable bonds is 7. The van der Waals surface area contributed by atoms with Gasteiger partial charge in [-0.25, -0.2) is 8.42 Å². The lowest BCUT2D eigenvalue weighted by molar-refractivity contribution is 0.249. The number of hydrogen-bond acceptors (Lipinski definition) is 3. The second-order valence-electron chi connectivity index (χ2n) is 5.70. The van der Waals surface area contributed by atoms with Crippen LogP contribution in [0.3, 0.4) is 0 Å². The summed E-state index contributed by atoms with van der Waals surface area (Å²) in [6, 6.07) is 7.75. The first-order valence-corrected chi connectivity index (χ1v) is 9.26. The van der Waals surface area contributed by atoms with Gasteiger partial charge in [0.05, 0.1) is 4.90 Å². The molecule has 0 heterocycles. The number of nitrogens with zero attached hydrogens (tertiary/aromatic N) is 1. The Hall–Kier alpha value is -0.910. The molecule has 0 bridgehead atoms. The van der Waals surface area contributed by atoms with E-state index in [0.29, 0.717) is 4.90 Å². The molecule has 1 saturated carbocycles. The maximum atomic E-state index is 12.7. The average molecular weight is 310 g/mol. The highest BCUT2D eigenvalue weighted by Gasteiger charge is 2.31. The van der Waals surface area contributed by atoms with E-state index < -0.39 is 10.0 Å².